The van der Waals surface area contributed by atoms with Crippen LogP contribution in [-0.4, -0.2) is 75.5 Å². The third-order valence-corrected chi connectivity index (χ3v) is 3.85. The lowest BCUT2D eigenvalue weighted by Gasteiger charge is -2.29. The summed E-state index contributed by atoms with van der Waals surface area (Å²) in [5.41, 5.74) is 0. The zero-order valence-electron chi connectivity index (χ0n) is 17.4. The first-order chi connectivity index (χ1) is 12.0. The van der Waals surface area contributed by atoms with E-state index in [0.29, 0.717) is 31.9 Å². The van der Waals surface area contributed by atoms with E-state index in [4.69, 9.17) is 9.47 Å². The van der Waals surface area contributed by atoms with Gasteiger partial charge in [0, 0.05) is 38.3 Å². The summed E-state index contributed by atoms with van der Waals surface area (Å²) in [6.07, 6.45) is 2.29. The molecular formula is C19H42N4O2. The normalized spacial score (nSPS) is 12.4. The molecular weight excluding hydrogens is 316 g/mol. The summed E-state index contributed by atoms with van der Waals surface area (Å²) < 4.78 is 11.0. The van der Waals surface area contributed by atoms with Crippen molar-refractivity contribution >= 4 is 5.96 Å². The van der Waals surface area contributed by atoms with Gasteiger partial charge in [-0.05, 0) is 41.0 Å². The van der Waals surface area contributed by atoms with E-state index in [2.05, 4.69) is 62.1 Å². The van der Waals surface area contributed by atoms with E-state index in [1.165, 1.54) is 6.42 Å². The highest BCUT2D eigenvalue weighted by molar-refractivity contribution is 5.79. The molecule has 6 nitrogen and oxygen atoms in total. The van der Waals surface area contributed by atoms with Gasteiger partial charge in [-0.25, -0.2) is 0 Å². The summed E-state index contributed by atoms with van der Waals surface area (Å²) in [6, 6.07) is 1.08. The number of nitrogens with one attached hydrogen (secondary N) is 2. The lowest BCUT2D eigenvalue weighted by Crippen LogP contribution is -2.41. The Bertz CT molecular complexity index is 315. The SMILES string of the molecule is CCCCOCCOCCNC(=NCCN(C(C)C)C(C)C)NCC. The molecule has 0 aliphatic rings. The van der Waals surface area contributed by atoms with Crippen LogP contribution in [0.4, 0.5) is 0 Å². The fourth-order valence-electron chi connectivity index (χ4n) is 2.54. The van der Waals surface area contributed by atoms with Gasteiger partial charge >= 0.3 is 0 Å². The highest BCUT2D eigenvalue weighted by Gasteiger charge is 2.12. The van der Waals surface area contributed by atoms with Gasteiger partial charge in [0.1, 0.15) is 0 Å². The molecule has 0 aliphatic carbocycles. The van der Waals surface area contributed by atoms with Gasteiger partial charge in [0.05, 0.1) is 26.4 Å². The van der Waals surface area contributed by atoms with Crippen molar-refractivity contribution in [1.29, 1.82) is 0 Å². The Kier molecular flexibility index (Phi) is 16.0. The topological polar surface area (TPSA) is 58.1 Å². The number of hydrogen-bond acceptors (Lipinski definition) is 4. The van der Waals surface area contributed by atoms with Crippen LogP contribution in [0.5, 0.6) is 0 Å². The van der Waals surface area contributed by atoms with Crippen molar-refractivity contribution in [1.82, 2.24) is 15.5 Å². The molecule has 0 heterocycles. The van der Waals surface area contributed by atoms with Crippen LogP contribution in [-0.2, 0) is 9.47 Å². The average Bonchev–Trinajstić information content (AvgIpc) is 2.56. The smallest absolute Gasteiger partial charge is 0.191 e. The summed E-state index contributed by atoms with van der Waals surface area (Å²) in [4.78, 5) is 7.11. The Hall–Kier alpha value is -0.850. The molecule has 0 aromatic rings. The second-order valence-electron chi connectivity index (χ2n) is 6.69. The van der Waals surface area contributed by atoms with E-state index in [1.807, 2.05) is 0 Å². The summed E-state index contributed by atoms with van der Waals surface area (Å²) in [7, 11) is 0. The van der Waals surface area contributed by atoms with E-state index in [-0.39, 0.29) is 0 Å². The number of aliphatic imine (C=N–C) groups is 1. The average molecular weight is 359 g/mol. The van der Waals surface area contributed by atoms with Crippen molar-refractivity contribution in [2.45, 2.75) is 66.5 Å². The van der Waals surface area contributed by atoms with Crippen molar-refractivity contribution in [2.75, 3.05) is 52.6 Å². The van der Waals surface area contributed by atoms with Gasteiger partial charge in [0.15, 0.2) is 5.96 Å². The van der Waals surface area contributed by atoms with Gasteiger partial charge in [-0.15, -0.1) is 0 Å². The zero-order chi connectivity index (χ0) is 18.9. The van der Waals surface area contributed by atoms with Gasteiger partial charge in [-0.3, -0.25) is 9.89 Å². The van der Waals surface area contributed by atoms with Crippen molar-refractivity contribution < 1.29 is 9.47 Å². The molecule has 0 atom stereocenters. The number of ether oxygens (including phenoxy) is 2. The Labute approximate surface area is 155 Å². The van der Waals surface area contributed by atoms with Crippen LogP contribution in [0.25, 0.3) is 0 Å². The Morgan fingerprint density at radius 1 is 0.920 bits per heavy atom. The molecule has 0 aliphatic heterocycles. The van der Waals surface area contributed by atoms with Crippen LogP contribution in [0.15, 0.2) is 4.99 Å². The standard InChI is InChI=1S/C19H42N4O2/c1-7-9-13-24-15-16-25-14-11-22-19(20-8-2)21-10-12-23(17(3)4)18(5)6/h17-18H,7-16H2,1-6H3,(H2,20,21,22). The monoisotopic (exact) mass is 358 g/mol. The Balaban J connectivity index is 3.92. The molecule has 6 heteroatoms. The molecule has 0 fully saturated rings. The predicted molar refractivity (Wildman–Crippen MR) is 108 cm³/mol. The molecule has 0 rings (SSSR count). The maximum absolute atomic E-state index is 5.57. The molecule has 0 bridgehead atoms. The van der Waals surface area contributed by atoms with E-state index in [9.17, 15) is 0 Å². The fourth-order valence-corrected chi connectivity index (χ4v) is 2.54. The molecule has 0 radical (unpaired) electrons. The molecule has 0 aromatic carbocycles. The molecule has 2 N–H and O–H groups in total. The first kappa shape index (κ1) is 24.1. The molecule has 0 aromatic heterocycles. The maximum atomic E-state index is 5.57. The third kappa shape index (κ3) is 14.0. The van der Waals surface area contributed by atoms with Crippen molar-refractivity contribution in [2.24, 2.45) is 4.99 Å². The summed E-state index contributed by atoms with van der Waals surface area (Å²) in [5, 5.41) is 6.60. The molecule has 0 spiro atoms. The molecule has 150 valence electrons. The van der Waals surface area contributed by atoms with Gasteiger partial charge in [-0.1, -0.05) is 13.3 Å². The molecule has 0 amide bonds. The number of guanidine groups is 1. The van der Waals surface area contributed by atoms with Crippen molar-refractivity contribution in [3.63, 3.8) is 0 Å². The highest BCUT2D eigenvalue weighted by Crippen LogP contribution is 2.03. The second-order valence-corrected chi connectivity index (χ2v) is 6.69. The minimum Gasteiger partial charge on any atom is -0.379 e. The first-order valence-corrected chi connectivity index (χ1v) is 9.96. The van der Waals surface area contributed by atoms with Crippen LogP contribution >= 0.6 is 0 Å². The molecule has 0 unspecified atom stereocenters. The minimum absolute atomic E-state index is 0.540. The highest BCUT2D eigenvalue weighted by atomic mass is 16.5. The van der Waals surface area contributed by atoms with E-state index in [0.717, 1.165) is 45.2 Å². The third-order valence-electron chi connectivity index (χ3n) is 3.85. The van der Waals surface area contributed by atoms with Gasteiger partial charge in [0.2, 0.25) is 0 Å². The van der Waals surface area contributed by atoms with Crippen LogP contribution in [0.1, 0.15) is 54.4 Å². The minimum atomic E-state index is 0.540. The first-order valence-electron chi connectivity index (χ1n) is 9.96. The summed E-state index contributed by atoms with van der Waals surface area (Å²) >= 11 is 0. The lowest BCUT2D eigenvalue weighted by molar-refractivity contribution is 0.0487. The van der Waals surface area contributed by atoms with Gasteiger partial charge in [0.25, 0.3) is 0 Å². The lowest BCUT2D eigenvalue weighted by atomic mass is 10.2. The largest absolute Gasteiger partial charge is 0.379 e. The van der Waals surface area contributed by atoms with Crippen LogP contribution in [0, 0.1) is 0 Å². The van der Waals surface area contributed by atoms with Crippen molar-refractivity contribution in [3.8, 4) is 0 Å². The number of rotatable bonds is 15. The van der Waals surface area contributed by atoms with Gasteiger partial charge in [-0.2, -0.15) is 0 Å². The van der Waals surface area contributed by atoms with Crippen LogP contribution in [0.3, 0.4) is 0 Å². The molecule has 0 saturated heterocycles. The fraction of sp³-hybridized carbons (Fsp3) is 0.947. The van der Waals surface area contributed by atoms with E-state index >= 15 is 0 Å². The predicted octanol–water partition coefficient (Wildman–Crippen LogP) is 2.49. The summed E-state index contributed by atoms with van der Waals surface area (Å²) in [6.45, 7) is 19.4. The van der Waals surface area contributed by atoms with E-state index < -0.39 is 0 Å². The number of hydrogen-bond donors (Lipinski definition) is 2. The van der Waals surface area contributed by atoms with Crippen LogP contribution < -0.4 is 10.6 Å². The molecule has 25 heavy (non-hydrogen) atoms. The number of nitrogens with zero attached hydrogens (tertiary/aromatic N) is 2. The Morgan fingerprint density at radius 3 is 2.12 bits per heavy atom. The zero-order valence-corrected chi connectivity index (χ0v) is 17.4. The van der Waals surface area contributed by atoms with E-state index in [1.54, 1.807) is 0 Å². The number of unbranched alkanes of at least 4 members (excludes halogenated alkanes) is 1. The van der Waals surface area contributed by atoms with Crippen molar-refractivity contribution in [3.05, 3.63) is 0 Å². The Morgan fingerprint density at radius 2 is 1.56 bits per heavy atom. The maximum Gasteiger partial charge on any atom is 0.191 e. The summed E-state index contributed by atoms with van der Waals surface area (Å²) in [5.74, 6) is 0.859. The quantitative estimate of drug-likeness (QED) is 0.268. The molecule has 0 saturated carbocycles. The second kappa shape index (κ2) is 16.6. The van der Waals surface area contributed by atoms with Crippen LogP contribution in [0.2, 0.25) is 0 Å². The van der Waals surface area contributed by atoms with Gasteiger partial charge < -0.3 is 20.1 Å².